The quantitative estimate of drug-likeness (QED) is 0.616. The smallest absolute Gasteiger partial charge is 0.374 e. The third-order valence-electron chi connectivity index (χ3n) is 1.01. The van der Waals surface area contributed by atoms with Gasteiger partial charge in [-0.3, -0.25) is 0 Å². The summed E-state index contributed by atoms with van der Waals surface area (Å²) in [5.74, 6) is -5.69. The lowest BCUT2D eigenvalue weighted by molar-refractivity contribution is -0.165. The number of carboxylic acid groups (broad SMARTS) is 1. The zero-order chi connectivity index (χ0) is 8.20. The van der Waals surface area contributed by atoms with Crippen LogP contribution in [-0.4, -0.2) is 23.5 Å². The van der Waals surface area contributed by atoms with Crippen LogP contribution in [-0.2, 0) is 4.79 Å². The molecule has 0 heterocycles. The molecule has 0 saturated heterocycles. The molecule has 0 saturated carbocycles. The van der Waals surface area contributed by atoms with Crippen LogP contribution >= 0.6 is 0 Å². The normalized spacial score (nSPS) is 11.5. The molecule has 0 aliphatic rings. The van der Waals surface area contributed by atoms with E-state index < -0.39 is 18.3 Å². The van der Waals surface area contributed by atoms with Crippen molar-refractivity contribution in [2.45, 2.75) is 18.8 Å². The Morgan fingerprint density at radius 1 is 1.60 bits per heavy atom. The van der Waals surface area contributed by atoms with Gasteiger partial charge in [0, 0.05) is 6.42 Å². The molecule has 0 radical (unpaired) electrons. The van der Waals surface area contributed by atoms with Gasteiger partial charge in [-0.2, -0.15) is 8.78 Å². The fourth-order valence-electron chi connectivity index (χ4n) is 0.431. The van der Waals surface area contributed by atoms with Crippen LogP contribution in [0, 0.1) is 0 Å². The van der Waals surface area contributed by atoms with Crippen LogP contribution in [0.25, 0.3) is 0 Å². The first-order valence-corrected chi connectivity index (χ1v) is 2.82. The number of halogens is 2. The van der Waals surface area contributed by atoms with Gasteiger partial charge in [0.05, 0.1) is 0 Å². The molecule has 0 aliphatic heterocycles. The van der Waals surface area contributed by atoms with E-state index in [9.17, 15) is 13.6 Å². The number of hydrogen-bond donors (Lipinski definition) is 2. The Labute approximate surface area is 56.8 Å². The highest BCUT2D eigenvalue weighted by Gasteiger charge is 2.37. The fourth-order valence-corrected chi connectivity index (χ4v) is 0.431. The molecule has 0 rings (SSSR count). The van der Waals surface area contributed by atoms with E-state index in [2.05, 4.69) is 0 Å². The molecule has 0 unspecified atom stereocenters. The van der Waals surface area contributed by atoms with E-state index in [1.807, 2.05) is 0 Å². The molecule has 0 spiro atoms. The summed E-state index contributed by atoms with van der Waals surface area (Å²) >= 11 is 0. The van der Waals surface area contributed by atoms with E-state index in [4.69, 9.17) is 10.8 Å². The van der Waals surface area contributed by atoms with E-state index in [1.54, 1.807) is 0 Å². The lowest BCUT2D eigenvalue weighted by Gasteiger charge is -2.08. The van der Waals surface area contributed by atoms with Crippen LogP contribution in [0.5, 0.6) is 0 Å². The van der Waals surface area contributed by atoms with E-state index in [0.29, 0.717) is 0 Å². The predicted octanol–water partition coefficient (Wildman–Crippen LogP) is 0.445. The lowest BCUT2D eigenvalue weighted by Crippen LogP contribution is -2.28. The molecule has 0 aromatic carbocycles. The topological polar surface area (TPSA) is 63.3 Å². The third kappa shape index (κ3) is 2.72. The van der Waals surface area contributed by atoms with Gasteiger partial charge in [0.25, 0.3) is 0 Å². The van der Waals surface area contributed by atoms with Gasteiger partial charge in [-0.25, -0.2) is 4.79 Å². The Morgan fingerprint density at radius 3 is 2.40 bits per heavy atom. The highest BCUT2D eigenvalue weighted by Crippen LogP contribution is 2.19. The minimum Gasteiger partial charge on any atom is -0.477 e. The van der Waals surface area contributed by atoms with Gasteiger partial charge in [-0.05, 0) is 13.0 Å². The molecule has 0 amide bonds. The molecular weight excluding hydrogens is 144 g/mol. The maximum atomic E-state index is 12.1. The largest absolute Gasteiger partial charge is 0.477 e. The van der Waals surface area contributed by atoms with Crippen LogP contribution in [0.3, 0.4) is 0 Å². The van der Waals surface area contributed by atoms with E-state index in [-0.39, 0.29) is 13.0 Å². The summed E-state index contributed by atoms with van der Waals surface area (Å²) in [5, 5.41) is 7.88. The summed E-state index contributed by atoms with van der Waals surface area (Å²) in [6.07, 6.45) is -0.655. The molecule has 0 aliphatic carbocycles. The number of nitrogens with two attached hydrogens (primary N) is 1. The number of aliphatic carboxylic acids is 1. The lowest BCUT2D eigenvalue weighted by atomic mass is 10.2. The summed E-state index contributed by atoms with van der Waals surface area (Å²) in [7, 11) is 0. The van der Waals surface area contributed by atoms with Crippen molar-refractivity contribution in [1.82, 2.24) is 0 Å². The summed E-state index contributed by atoms with van der Waals surface area (Å²) in [6, 6.07) is 0. The zero-order valence-corrected chi connectivity index (χ0v) is 5.31. The van der Waals surface area contributed by atoms with Gasteiger partial charge >= 0.3 is 11.9 Å². The number of rotatable bonds is 4. The van der Waals surface area contributed by atoms with Crippen molar-refractivity contribution in [3.63, 3.8) is 0 Å². The summed E-state index contributed by atoms with van der Waals surface area (Å²) in [6.45, 7) is 0.0862. The van der Waals surface area contributed by atoms with Gasteiger partial charge in [-0.15, -0.1) is 0 Å². The van der Waals surface area contributed by atoms with Crippen molar-refractivity contribution in [1.29, 1.82) is 0 Å². The second-order valence-corrected chi connectivity index (χ2v) is 1.90. The van der Waals surface area contributed by atoms with Crippen molar-refractivity contribution >= 4 is 5.97 Å². The van der Waals surface area contributed by atoms with Gasteiger partial charge in [-0.1, -0.05) is 0 Å². The van der Waals surface area contributed by atoms with Crippen LogP contribution < -0.4 is 5.73 Å². The molecule has 60 valence electrons. The second-order valence-electron chi connectivity index (χ2n) is 1.90. The third-order valence-corrected chi connectivity index (χ3v) is 1.01. The highest BCUT2D eigenvalue weighted by molar-refractivity contribution is 5.75. The maximum absolute atomic E-state index is 12.1. The number of alkyl halides is 2. The number of hydrogen-bond acceptors (Lipinski definition) is 2. The van der Waals surface area contributed by atoms with Gasteiger partial charge in [0.15, 0.2) is 0 Å². The zero-order valence-electron chi connectivity index (χ0n) is 5.31. The summed E-state index contributed by atoms with van der Waals surface area (Å²) in [4.78, 5) is 9.74. The van der Waals surface area contributed by atoms with Gasteiger partial charge in [0.1, 0.15) is 0 Å². The summed E-state index contributed by atoms with van der Waals surface area (Å²) < 4.78 is 24.2. The molecule has 0 atom stereocenters. The number of carbonyl (C=O) groups is 1. The second kappa shape index (κ2) is 3.46. The van der Waals surface area contributed by atoms with Crippen LogP contribution in [0.1, 0.15) is 12.8 Å². The van der Waals surface area contributed by atoms with Crippen molar-refractivity contribution in [3.8, 4) is 0 Å². The maximum Gasteiger partial charge on any atom is 0.374 e. The molecule has 0 aromatic rings. The predicted molar refractivity (Wildman–Crippen MR) is 30.9 cm³/mol. The number of carboxylic acids is 1. The van der Waals surface area contributed by atoms with Crippen LogP contribution in [0.4, 0.5) is 8.78 Å². The standard InChI is InChI=1S/C5H9F2NO2/c6-5(7,4(9)10)2-1-3-8/h1-3,8H2,(H,9,10). The average Bonchev–Trinajstić information content (AvgIpc) is 1.84. The molecule has 10 heavy (non-hydrogen) atoms. The first-order valence-electron chi connectivity index (χ1n) is 2.82. The van der Waals surface area contributed by atoms with E-state index in [0.717, 1.165) is 0 Å². The molecule has 5 heteroatoms. The molecule has 0 bridgehead atoms. The minimum absolute atomic E-state index is 0.0271. The summed E-state index contributed by atoms with van der Waals surface area (Å²) in [5.41, 5.74) is 4.91. The van der Waals surface area contributed by atoms with E-state index in [1.165, 1.54) is 0 Å². The van der Waals surface area contributed by atoms with E-state index >= 15 is 0 Å². The minimum atomic E-state index is -3.61. The van der Waals surface area contributed by atoms with Crippen molar-refractivity contribution in [2.75, 3.05) is 6.54 Å². The Balaban J connectivity index is 3.75. The fraction of sp³-hybridized carbons (Fsp3) is 0.800. The molecular formula is C5H9F2NO2. The highest BCUT2D eigenvalue weighted by atomic mass is 19.3. The van der Waals surface area contributed by atoms with Gasteiger partial charge < -0.3 is 10.8 Å². The first-order chi connectivity index (χ1) is 4.50. The SMILES string of the molecule is NCCCC(F)(F)C(=O)O. The van der Waals surface area contributed by atoms with Crippen LogP contribution in [0.2, 0.25) is 0 Å². The Kier molecular flexibility index (Phi) is 3.21. The van der Waals surface area contributed by atoms with Crippen LogP contribution in [0.15, 0.2) is 0 Å². The Hall–Kier alpha value is -0.710. The molecule has 0 fully saturated rings. The molecule has 3 nitrogen and oxygen atoms in total. The average molecular weight is 153 g/mol. The van der Waals surface area contributed by atoms with Crippen molar-refractivity contribution in [3.05, 3.63) is 0 Å². The van der Waals surface area contributed by atoms with Crippen molar-refractivity contribution < 1.29 is 18.7 Å². The Bertz CT molecular complexity index is 127. The van der Waals surface area contributed by atoms with Gasteiger partial charge in [0.2, 0.25) is 0 Å². The molecule has 3 N–H and O–H groups in total. The Morgan fingerprint density at radius 2 is 2.10 bits per heavy atom. The monoisotopic (exact) mass is 153 g/mol. The van der Waals surface area contributed by atoms with Crippen molar-refractivity contribution in [2.24, 2.45) is 5.73 Å². The molecule has 0 aromatic heterocycles. The first kappa shape index (κ1) is 9.29.